The zero-order chi connectivity index (χ0) is 20.8. The molecule has 0 spiro atoms. The molecule has 4 aromatic rings. The van der Waals surface area contributed by atoms with Crippen LogP contribution in [-0.2, 0) is 11.3 Å². The number of aromatic nitrogens is 6. The summed E-state index contributed by atoms with van der Waals surface area (Å²) in [7, 11) is 0. The Labute approximate surface area is 172 Å². The molecule has 4 rings (SSSR count). The largest absolute Gasteiger partial charge is 0.462 e. The molecule has 0 aliphatic rings. The van der Waals surface area contributed by atoms with Crippen molar-refractivity contribution >= 4 is 11.8 Å². The predicted octanol–water partition coefficient (Wildman–Crippen LogP) is 3.11. The molecule has 0 saturated heterocycles. The number of hydrogen-bond acceptors (Lipinski definition) is 8. The van der Waals surface area contributed by atoms with Gasteiger partial charge in [-0.2, -0.15) is 5.21 Å². The Hall–Kier alpha value is -4.14. The van der Waals surface area contributed by atoms with Crippen LogP contribution >= 0.6 is 0 Å². The van der Waals surface area contributed by atoms with Gasteiger partial charge in [0.2, 0.25) is 5.82 Å². The lowest BCUT2D eigenvalue weighted by atomic mass is 9.98. The molecular weight excluding hydrogens is 382 g/mol. The van der Waals surface area contributed by atoms with E-state index in [9.17, 15) is 4.79 Å². The number of H-pyrrole nitrogens is 1. The van der Waals surface area contributed by atoms with Gasteiger partial charge in [-0.25, -0.2) is 14.8 Å². The van der Waals surface area contributed by atoms with Crippen LogP contribution in [0.1, 0.15) is 22.8 Å². The summed E-state index contributed by atoms with van der Waals surface area (Å²) in [4.78, 5) is 20.1. The quantitative estimate of drug-likeness (QED) is 0.454. The molecule has 0 aliphatic carbocycles. The first-order valence-corrected chi connectivity index (χ1v) is 9.39. The first-order valence-electron chi connectivity index (χ1n) is 9.39. The van der Waals surface area contributed by atoms with Crippen molar-refractivity contribution in [1.82, 2.24) is 30.6 Å². The third kappa shape index (κ3) is 4.14. The van der Waals surface area contributed by atoms with Gasteiger partial charge in [-0.15, -0.1) is 10.2 Å². The lowest BCUT2D eigenvalue weighted by Crippen LogP contribution is -2.11. The fourth-order valence-electron chi connectivity index (χ4n) is 3.02. The Balaban J connectivity index is 1.51. The minimum absolute atomic E-state index is 0.292. The van der Waals surface area contributed by atoms with Crippen molar-refractivity contribution in [2.75, 3.05) is 11.9 Å². The maximum absolute atomic E-state index is 12.0. The number of hydrogen-bond donors (Lipinski definition) is 2. The molecule has 9 heteroatoms. The average Bonchev–Trinajstić information content (AvgIpc) is 3.33. The highest BCUT2D eigenvalue weighted by atomic mass is 16.5. The van der Waals surface area contributed by atoms with E-state index < -0.39 is 5.97 Å². The first kappa shape index (κ1) is 19.2. The summed E-state index contributed by atoms with van der Waals surface area (Å²) >= 11 is 0. The van der Waals surface area contributed by atoms with Gasteiger partial charge in [-0.3, -0.25) is 0 Å². The molecule has 0 amide bonds. The van der Waals surface area contributed by atoms with Crippen LogP contribution in [0.5, 0.6) is 0 Å². The Morgan fingerprint density at radius 2 is 1.90 bits per heavy atom. The lowest BCUT2D eigenvalue weighted by Gasteiger charge is -2.11. The molecule has 0 saturated carbocycles. The molecule has 0 fully saturated rings. The lowest BCUT2D eigenvalue weighted by molar-refractivity contribution is 0.0526. The second kappa shape index (κ2) is 8.91. The van der Waals surface area contributed by atoms with Gasteiger partial charge in [-0.1, -0.05) is 48.5 Å². The molecule has 9 nitrogen and oxygen atoms in total. The van der Waals surface area contributed by atoms with Gasteiger partial charge in [-0.05, 0) is 28.8 Å². The molecule has 2 N–H and O–H groups in total. The standard InChI is InChI=1S/C21H19N7O2/c1-2-30-21(29)18-12-22-13-24-19(18)23-11-14-7-9-15(10-8-14)16-5-3-4-6-17(16)20-25-27-28-26-20/h3-10,12-13H,2,11H2,1H3,(H,22,23,24)(H,25,26,27,28). The summed E-state index contributed by atoms with van der Waals surface area (Å²) < 4.78 is 5.05. The fraction of sp³-hybridized carbons (Fsp3) is 0.143. The van der Waals surface area contributed by atoms with Crippen molar-refractivity contribution in [3.8, 4) is 22.5 Å². The normalized spacial score (nSPS) is 10.6. The van der Waals surface area contributed by atoms with Gasteiger partial charge in [0.1, 0.15) is 17.7 Å². The smallest absolute Gasteiger partial charge is 0.343 e. The number of tetrazole rings is 1. The monoisotopic (exact) mass is 401 g/mol. The summed E-state index contributed by atoms with van der Waals surface area (Å²) in [6.45, 7) is 2.54. The molecule has 0 radical (unpaired) electrons. The van der Waals surface area contributed by atoms with Crippen LogP contribution in [0.15, 0.2) is 61.1 Å². The Morgan fingerprint density at radius 3 is 2.63 bits per heavy atom. The fourth-order valence-corrected chi connectivity index (χ4v) is 3.02. The van der Waals surface area contributed by atoms with Gasteiger partial charge < -0.3 is 10.1 Å². The van der Waals surface area contributed by atoms with E-state index in [-0.39, 0.29) is 0 Å². The van der Waals surface area contributed by atoms with Gasteiger partial charge in [0, 0.05) is 18.3 Å². The summed E-state index contributed by atoms with van der Waals surface area (Å²) in [6, 6.07) is 16.0. The van der Waals surface area contributed by atoms with Gasteiger partial charge in [0.15, 0.2) is 0 Å². The molecule has 0 bridgehead atoms. The van der Waals surface area contributed by atoms with Crippen LogP contribution in [0.4, 0.5) is 5.82 Å². The van der Waals surface area contributed by atoms with E-state index in [1.54, 1.807) is 6.92 Å². The van der Waals surface area contributed by atoms with E-state index in [1.165, 1.54) is 12.5 Å². The number of carbonyl (C=O) groups is 1. The summed E-state index contributed by atoms with van der Waals surface area (Å²) in [5.41, 5.74) is 4.29. The molecule has 2 aromatic heterocycles. The molecular formula is C21H19N7O2. The van der Waals surface area contributed by atoms with Crippen LogP contribution in [-0.4, -0.2) is 43.2 Å². The first-order chi connectivity index (χ1) is 14.8. The van der Waals surface area contributed by atoms with Crippen molar-refractivity contribution in [3.05, 3.63) is 72.2 Å². The zero-order valence-corrected chi connectivity index (χ0v) is 16.2. The summed E-state index contributed by atoms with van der Waals surface area (Å²) in [6.07, 6.45) is 2.84. The van der Waals surface area contributed by atoms with Gasteiger partial charge in [0.05, 0.1) is 6.61 Å². The molecule has 150 valence electrons. The van der Waals surface area contributed by atoms with E-state index in [0.717, 1.165) is 22.3 Å². The van der Waals surface area contributed by atoms with Gasteiger partial charge >= 0.3 is 5.97 Å². The molecule has 0 aliphatic heterocycles. The van der Waals surface area contributed by atoms with E-state index in [1.807, 2.05) is 48.5 Å². The van der Waals surface area contributed by atoms with Crippen molar-refractivity contribution in [2.24, 2.45) is 0 Å². The molecule has 30 heavy (non-hydrogen) atoms. The van der Waals surface area contributed by atoms with Crippen molar-refractivity contribution in [2.45, 2.75) is 13.5 Å². The topological polar surface area (TPSA) is 119 Å². The number of ether oxygens (including phenoxy) is 1. The molecule has 0 unspecified atom stereocenters. The average molecular weight is 401 g/mol. The Bertz CT molecular complexity index is 1130. The number of carbonyl (C=O) groups excluding carboxylic acids is 1. The number of esters is 1. The van der Waals surface area contributed by atoms with Gasteiger partial charge in [0.25, 0.3) is 0 Å². The zero-order valence-electron chi connectivity index (χ0n) is 16.2. The summed E-state index contributed by atoms with van der Waals surface area (Å²) in [5, 5.41) is 17.5. The highest BCUT2D eigenvalue weighted by Crippen LogP contribution is 2.29. The number of aromatic amines is 1. The number of benzene rings is 2. The van der Waals surface area contributed by atoms with E-state index in [2.05, 4.69) is 35.9 Å². The maximum Gasteiger partial charge on any atom is 0.343 e. The van der Waals surface area contributed by atoms with Crippen LogP contribution < -0.4 is 5.32 Å². The number of nitrogens with one attached hydrogen (secondary N) is 2. The molecule has 0 atom stereocenters. The van der Waals surface area contributed by atoms with Crippen LogP contribution in [0.25, 0.3) is 22.5 Å². The highest BCUT2D eigenvalue weighted by molar-refractivity contribution is 5.94. The minimum Gasteiger partial charge on any atom is -0.462 e. The Kier molecular flexibility index (Phi) is 5.70. The van der Waals surface area contributed by atoms with Crippen LogP contribution in [0.3, 0.4) is 0 Å². The molecule has 2 aromatic carbocycles. The van der Waals surface area contributed by atoms with Crippen LogP contribution in [0, 0.1) is 0 Å². The maximum atomic E-state index is 12.0. The van der Waals surface area contributed by atoms with Crippen molar-refractivity contribution in [1.29, 1.82) is 0 Å². The SMILES string of the molecule is CCOC(=O)c1cncnc1NCc1ccc(-c2ccccc2-c2nn[nH]n2)cc1. The van der Waals surface area contributed by atoms with Crippen LogP contribution in [0.2, 0.25) is 0 Å². The van der Waals surface area contributed by atoms with E-state index in [0.29, 0.717) is 30.4 Å². The van der Waals surface area contributed by atoms with E-state index in [4.69, 9.17) is 4.74 Å². The highest BCUT2D eigenvalue weighted by Gasteiger charge is 2.14. The predicted molar refractivity (Wildman–Crippen MR) is 110 cm³/mol. The summed E-state index contributed by atoms with van der Waals surface area (Å²) in [5.74, 6) is 0.538. The number of nitrogens with zero attached hydrogens (tertiary/aromatic N) is 5. The van der Waals surface area contributed by atoms with Crippen molar-refractivity contribution in [3.63, 3.8) is 0 Å². The molecule has 2 heterocycles. The number of rotatable bonds is 7. The second-order valence-electron chi connectivity index (χ2n) is 6.34. The third-order valence-electron chi connectivity index (χ3n) is 4.45. The minimum atomic E-state index is -0.450. The Morgan fingerprint density at radius 1 is 1.10 bits per heavy atom. The van der Waals surface area contributed by atoms with E-state index >= 15 is 0 Å². The number of anilines is 1. The van der Waals surface area contributed by atoms with Crippen molar-refractivity contribution < 1.29 is 9.53 Å². The third-order valence-corrected chi connectivity index (χ3v) is 4.45. The second-order valence-corrected chi connectivity index (χ2v) is 6.34.